The van der Waals surface area contributed by atoms with E-state index in [1.165, 1.54) is 11.6 Å². The first-order valence-electron chi connectivity index (χ1n) is 10.2. The summed E-state index contributed by atoms with van der Waals surface area (Å²) >= 11 is 0. The second-order valence-corrected chi connectivity index (χ2v) is 7.71. The molecule has 7 heteroatoms. The molecule has 158 valence electrons. The molecule has 1 aliphatic rings. The minimum absolute atomic E-state index is 0.303. The first kappa shape index (κ1) is 19.4. The molecule has 1 aliphatic heterocycles. The second-order valence-electron chi connectivity index (χ2n) is 7.71. The van der Waals surface area contributed by atoms with Gasteiger partial charge in [0.15, 0.2) is 0 Å². The summed E-state index contributed by atoms with van der Waals surface area (Å²) in [5, 5.41) is 0.532. The number of hydrogen-bond acceptors (Lipinski definition) is 4. The van der Waals surface area contributed by atoms with Crippen LogP contribution < -0.4 is 16.0 Å². The van der Waals surface area contributed by atoms with Gasteiger partial charge in [-0.1, -0.05) is 42.5 Å². The number of benzene rings is 2. The van der Waals surface area contributed by atoms with Crippen LogP contribution in [0.25, 0.3) is 22.2 Å². The third-order valence-corrected chi connectivity index (χ3v) is 6.00. The number of hydrogen-bond donors (Lipinski definition) is 0. The quantitative estimate of drug-likeness (QED) is 0.514. The molecule has 0 aliphatic carbocycles. The van der Waals surface area contributed by atoms with Gasteiger partial charge in [-0.3, -0.25) is 13.9 Å². The van der Waals surface area contributed by atoms with Gasteiger partial charge in [-0.05, 0) is 23.3 Å². The molecule has 0 N–H and O–H groups in total. The van der Waals surface area contributed by atoms with E-state index in [1.54, 1.807) is 18.7 Å². The maximum absolute atomic E-state index is 13.3. The van der Waals surface area contributed by atoms with Gasteiger partial charge in [0.1, 0.15) is 11.9 Å². The Balaban J connectivity index is 1.93. The number of nitrogens with zero attached hydrogens (tertiary/aromatic N) is 3. The Labute approximate surface area is 178 Å². The Bertz CT molecular complexity index is 1410. The summed E-state index contributed by atoms with van der Waals surface area (Å²) in [5.74, 6) is 0.724. The Morgan fingerprint density at radius 2 is 1.77 bits per heavy atom. The van der Waals surface area contributed by atoms with Crippen molar-refractivity contribution in [1.82, 2.24) is 13.7 Å². The van der Waals surface area contributed by atoms with Crippen molar-refractivity contribution < 1.29 is 9.47 Å². The van der Waals surface area contributed by atoms with Crippen LogP contribution in [0.4, 0.5) is 0 Å². The Morgan fingerprint density at radius 3 is 2.52 bits per heavy atom. The molecule has 0 radical (unpaired) electrons. The van der Waals surface area contributed by atoms with Crippen LogP contribution in [0, 0.1) is 0 Å². The molecule has 0 unspecified atom stereocenters. The Kier molecular flexibility index (Phi) is 4.55. The second kappa shape index (κ2) is 7.28. The van der Waals surface area contributed by atoms with Crippen molar-refractivity contribution in [3.8, 4) is 17.0 Å². The van der Waals surface area contributed by atoms with E-state index in [-0.39, 0.29) is 11.2 Å². The van der Waals surface area contributed by atoms with Crippen molar-refractivity contribution in [2.75, 3.05) is 13.7 Å². The molecule has 0 amide bonds. The van der Waals surface area contributed by atoms with Crippen LogP contribution in [0.5, 0.6) is 5.75 Å². The van der Waals surface area contributed by atoms with Crippen LogP contribution in [0.3, 0.4) is 0 Å². The standard InChI is InChI=1S/C24H23N3O4/c1-25-20-18(23(28)26(2)24(25)29)19(15-8-5-4-6-9-15)27-12-13-31-22(21(20)27)16-10-7-11-17(14-16)30-3/h4-11,14,22H,12-13H2,1-3H3/t22-/m0/s1. The van der Waals surface area contributed by atoms with Gasteiger partial charge in [0.05, 0.1) is 36.0 Å². The predicted octanol–water partition coefficient (Wildman–Crippen LogP) is 2.83. The summed E-state index contributed by atoms with van der Waals surface area (Å²) < 4.78 is 16.5. The summed E-state index contributed by atoms with van der Waals surface area (Å²) in [6.45, 7) is 1.08. The molecule has 4 aromatic rings. The number of ether oxygens (including phenoxy) is 2. The largest absolute Gasteiger partial charge is 0.497 e. The number of methoxy groups -OCH3 is 1. The normalized spacial score (nSPS) is 15.8. The van der Waals surface area contributed by atoms with Gasteiger partial charge >= 0.3 is 5.69 Å². The topological polar surface area (TPSA) is 67.4 Å². The molecule has 7 nitrogen and oxygen atoms in total. The zero-order valence-electron chi connectivity index (χ0n) is 17.7. The van der Waals surface area contributed by atoms with Crippen molar-refractivity contribution in [3.05, 3.63) is 86.7 Å². The van der Waals surface area contributed by atoms with E-state index >= 15 is 0 Å². The Hall–Kier alpha value is -3.58. The van der Waals surface area contributed by atoms with Gasteiger partial charge in [-0.15, -0.1) is 0 Å². The first-order valence-corrected chi connectivity index (χ1v) is 10.2. The highest BCUT2D eigenvalue weighted by molar-refractivity contribution is 5.96. The molecule has 31 heavy (non-hydrogen) atoms. The predicted molar refractivity (Wildman–Crippen MR) is 119 cm³/mol. The maximum atomic E-state index is 13.3. The number of fused-ring (bicyclic) bond motifs is 3. The fourth-order valence-electron chi connectivity index (χ4n) is 4.53. The van der Waals surface area contributed by atoms with Gasteiger partial charge < -0.3 is 14.0 Å². The lowest BCUT2D eigenvalue weighted by Crippen LogP contribution is -2.37. The number of aromatic nitrogens is 3. The van der Waals surface area contributed by atoms with Gasteiger partial charge in [0.25, 0.3) is 5.56 Å². The minimum atomic E-state index is -0.429. The van der Waals surface area contributed by atoms with Crippen molar-refractivity contribution in [2.45, 2.75) is 12.6 Å². The third kappa shape index (κ3) is 2.84. The zero-order valence-corrected chi connectivity index (χ0v) is 17.7. The number of aryl methyl sites for hydroxylation is 1. The average Bonchev–Trinajstić information content (AvgIpc) is 3.17. The molecule has 0 bridgehead atoms. The lowest BCUT2D eigenvalue weighted by molar-refractivity contribution is 0.0477. The fourth-order valence-corrected chi connectivity index (χ4v) is 4.53. The summed E-state index contributed by atoms with van der Waals surface area (Å²) in [6, 6.07) is 17.5. The molecule has 2 aromatic carbocycles. The maximum Gasteiger partial charge on any atom is 0.331 e. The summed E-state index contributed by atoms with van der Waals surface area (Å²) in [7, 11) is 4.85. The van der Waals surface area contributed by atoms with E-state index in [4.69, 9.17) is 9.47 Å². The fraction of sp³-hybridized carbons (Fsp3) is 0.250. The molecule has 3 heterocycles. The molecular formula is C24H23N3O4. The molecule has 1 atom stereocenters. The van der Waals surface area contributed by atoms with Crippen LogP contribution >= 0.6 is 0 Å². The van der Waals surface area contributed by atoms with E-state index in [2.05, 4.69) is 4.57 Å². The van der Waals surface area contributed by atoms with Gasteiger partial charge in [-0.2, -0.15) is 0 Å². The minimum Gasteiger partial charge on any atom is -0.497 e. The van der Waals surface area contributed by atoms with E-state index in [0.29, 0.717) is 24.1 Å². The van der Waals surface area contributed by atoms with Crippen LogP contribution in [-0.4, -0.2) is 27.4 Å². The highest BCUT2D eigenvalue weighted by Crippen LogP contribution is 2.40. The van der Waals surface area contributed by atoms with Crippen LogP contribution in [0.2, 0.25) is 0 Å². The lowest BCUT2D eigenvalue weighted by atomic mass is 10.0. The Morgan fingerprint density at radius 1 is 1.00 bits per heavy atom. The van der Waals surface area contributed by atoms with E-state index in [9.17, 15) is 9.59 Å². The highest BCUT2D eigenvalue weighted by atomic mass is 16.5. The summed E-state index contributed by atoms with van der Waals surface area (Å²) in [4.78, 5) is 26.2. The van der Waals surface area contributed by atoms with E-state index in [0.717, 1.165) is 28.3 Å². The van der Waals surface area contributed by atoms with Crippen LogP contribution in [-0.2, 0) is 25.4 Å². The van der Waals surface area contributed by atoms with E-state index < -0.39 is 6.10 Å². The summed E-state index contributed by atoms with van der Waals surface area (Å²) in [5.41, 5.74) is 3.42. The van der Waals surface area contributed by atoms with Crippen LogP contribution in [0.15, 0.2) is 64.2 Å². The smallest absolute Gasteiger partial charge is 0.331 e. The molecular weight excluding hydrogens is 394 g/mol. The SMILES string of the molecule is COc1cccc([C@@H]2OCCn3c(-c4ccccc4)c4c(=O)n(C)c(=O)n(C)c4c32)c1. The molecule has 0 saturated carbocycles. The number of rotatable bonds is 3. The van der Waals surface area contributed by atoms with Gasteiger partial charge in [0, 0.05) is 20.6 Å². The summed E-state index contributed by atoms with van der Waals surface area (Å²) in [6.07, 6.45) is -0.429. The lowest BCUT2D eigenvalue weighted by Gasteiger charge is -2.28. The van der Waals surface area contributed by atoms with Gasteiger partial charge in [-0.25, -0.2) is 4.79 Å². The van der Waals surface area contributed by atoms with Crippen molar-refractivity contribution in [2.24, 2.45) is 14.1 Å². The van der Waals surface area contributed by atoms with Gasteiger partial charge in [0.2, 0.25) is 0 Å². The zero-order chi connectivity index (χ0) is 21.7. The van der Waals surface area contributed by atoms with Crippen molar-refractivity contribution in [1.29, 1.82) is 0 Å². The van der Waals surface area contributed by atoms with Crippen molar-refractivity contribution >= 4 is 10.9 Å². The first-order chi connectivity index (χ1) is 15.0. The van der Waals surface area contributed by atoms with Crippen molar-refractivity contribution in [3.63, 3.8) is 0 Å². The molecule has 5 rings (SSSR count). The molecule has 2 aromatic heterocycles. The van der Waals surface area contributed by atoms with E-state index in [1.807, 2.05) is 54.6 Å². The molecule has 0 saturated heterocycles. The molecule has 0 fully saturated rings. The highest BCUT2D eigenvalue weighted by Gasteiger charge is 2.33. The molecule has 0 spiro atoms. The third-order valence-electron chi connectivity index (χ3n) is 6.00. The van der Waals surface area contributed by atoms with Crippen LogP contribution in [0.1, 0.15) is 17.4 Å². The monoisotopic (exact) mass is 417 g/mol. The average molecular weight is 417 g/mol.